The first-order valence-electron chi connectivity index (χ1n) is 7.31. The van der Waals surface area contributed by atoms with Gasteiger partial charge in [-0.2, -0.15) is 0 Å². The van der Waals surface area contributed by atoms with Gasteiger partial charge in [0.1, 0.15) is 5.60 Å². The molecule has 0 aromatic heterocycles. The average molecular weight is 295 g/mol. The molecule has 4 heteroatoms. The summed E-state index contributed by atoms with van der Waals surface area (Å²) in [6.45, 7) is 6.24. The van der Waals surface area contributed by atoms with Crippen LogP contribution >= 0.6 is 8.03 Å². The SMILES string of the molecule is CC(C)[C@@H]1CC[C@@](C)(O[P+](=O)c2ccccc2)C[C@H]1O. The van der Waals surface area contributed by atoms with Gasteiger partial charge in [0.25, 0.3) is 0 Å². The van der Waals surface area contributed by atoms with Crippen molar-refractivity contribution in [2.45, 2.75) is 51.7 Å². The zero-order valence-corrected chi connectivity index (χ0v) is 13.3. The fourth-order valence-electron chi connectivity index (χ4n) is 3.02. The average Bonchev–Trinajstić information content (AvgIpc) is 2.38. The van der Waals surface area contributed by atoms with Crippen LogP contribution in [0, 0.1) is 11.8 Å². The number of benzene rings is 1. The van der Waals surface area contributed by atoms with E-state index in [4.69, 9.17) is 4.52 Å². The minimum absolute atomic E-state index is 0.321. The van der Waals surface area contributed by atoms with Crippen LogP contribution in [0.1, 0.15) is 40.0 Å². The lowest BCUT2D eigenvalue weighted by molar-refractivity contribution is -0.0500. The number of aliphatic hydroxyl groups is 1. The van der Waals surface area contributed by atoms with E-state index in [0.717, 1.165) is 12.8 Å². The van der Waals surface area contributed by atoms with Gasteiger partial charge in [0.15, 0.2) is 0 Å². The van der Waals surface area contributed by atoms with Gasteiger partial charge in [-0.1, -0.05) is 32.0 Å². The van der Waals surface area contributed by atoms with Crippen molar-refractivity contribution in [3.05, 3.63) is 30.3 Å². The highest BCUT2D eigenvalue weighted by atomic mass is 31.1. The molecule has 1 aliphatic rings. The van der Waals surface area contributed by atoms with Gasteiger partial charge >= 0.3 is 8.03 Å². The fraction of sp³-hybridized carbons (Fsp3) is 0.625. The van der Waals surface area contributed by atoms with Crippen molar-refractivity contribution in [3.63, 3.8) is 0 Å². The third kappa shape index (κ3) is 3.66. The molecule has 110 valence electrons. The maximum absolute atomic E-state index is 12.3. The Balaban J connectivity index is 2.01. The number of aliphatic hydroxyl groups excluding tert-OH is 1. The van der Waals surface area contributed by atoms with Crippen LogP contribution in [-0.2, 0) is 9.09 Å². The van der Waals surface area contributed by atoms with Crippen LogP contribution in [0.2, 0.25) is 0 Å². The minimum atomic E-state index is -1.86. The molecule has 4 atom stereocenters. The Hall–Kier alpha value is -0.760. The third-order valence-electron chi connectivity index (χ3n) is 4.27. The third-order valence-corrected chi connectivity index (χ3v) is 5.59. The molecule has 1 aromatic carbocycles. The van der Waals surface area contributed by atoms with E-state index < -0.39 is 13.6 Å². The van der Waals surface area contributed by atoms with Gasteiger partial charge in [-0.3, -0.25) is 0 Å². The zero-order valence-electron chi connectivity index (χ0n) is 12.5. The molecule has 1 aromatic rings. The molecule has 2 rings (SSSR count). The first-order valence-corrected chi connectivity index (χ1v) is 8.48. The van der Waals surface area contributed by atoms with E-state index >= 15 is 0 Å². The van der Waals surface area contributed by atoms with Crippen molar-refractivity contribution < 1.29 is 14.2 Å². The molecular formula is C16H24O3P+. The Morgan fingerprint density at radius 2 is 2.00 bits per heavy atom. The number of rotatable bonds is 4. The van der Waals surface area contributed by atoms with E-state index in [2.05, 4.69) is 13.8 Å². The van der Waals surface area contributed by atoms with Gasteiger partial charge in [-0.25, -0.2) is 0 Å². The van der Waals surface area contributed by atoms with Crippen LogP contribution in [0.25, 0.3) is 0 Å². The van der Waals surface area contributed by atoms with Crippen LogP contribution in [-0.4, -0.2) is 16.8 Å². The van der Waals surface area contributed by atoms with Crippen LogP contribution < -0.4 is 5.30 Å². The normalized spacial score (nSPS) is 31.4. The maximum Gasteiger partial charge on any atom is 0.549 e. The quantitative estimate of drug-likeness (QED) is 0.863. The molecule has 1 saturated carbocycles. The number of hydrogen-bond acceptors (Lipinski definition) is 3. The summed E-state index contributed by atoms with van der Waals surface area (Å²) in [5, 5.41) is 11.0. The topological polar surface area (TPSA) is 46.5 Å². The molecule has 1 N–H and O–H groups in total. The first-order chi connectivity index (χ1) is 9.41. The standard InChI is InChI=1S/C16H24O3P/c1-12(2)14-9-10-16(3,11-15(14)17)19-20(18)13-7-5-4-6-8-13/h4-8,12,14-15,17H,9-11H2,1-3H3/q+1/t14-,15+,16+/m0/s1. The summed E-state index contributed by atoms with van der Waals surface area (Å²) in [5.74, 6) is 0.790. The van der Waals surface area contributed by atoms with Crippen LogP contribution in [0.3, 0.4) is 0 Å². The lowest BCUT2D eigenvalue weighted by Crippen LogP contribution is -2.42. The molecule has 3 nitrogen and oxygen atoms in total. The molecule has 0 saturated heterocycles. The zero-order chi connectivity index (χ0) is 14.8. The molecule has 0 heterocycles. The van der Waals surface area contributed by atoms with Gasteiger partial charge < -0.3 is 5.11 Å². The largest absolute Gasteiger partial charge is 0.549 e. The van der Waals surface area contributed by atoms with Crippen LogP contribution in [0.15, 0.2) is 30.3 Å². The van der Waals surface area contributed by atoms with Gasteiger partial charge in [0.05, 0.1) is 6.10 Å². The van der Waals surface area contributed by atoms with Crippen molar-refractivity contribution in [3.8, 4) is 0 Å². The van der Waals surface area contributed by atoms with E-state index in [0.29, 0.717) is 23.6 Å². The Kier molecular flexibility index (Phi) is 4.95. The molecular weight excluding hydrogens is 271 g/mol. The molecule has 1 fully saturated rings. The summed E-state index contributed by atoms with van der Waals surface area (Å²) in [5.41, 5.74) is -0.492. The molecule has 0 spiro atoms. The summed E-state index contributed by atoms with van der Waals surface area (Å²) in [4.78, 5) is 0. The highest BCUT2D eigenvalue weighted by molar-refractivity contribution is 7.48. The Labute approximate surface area is 122 Å². The second kappa shape index (κ2) is 6.34. The van der Waals surface area contributed by atoms with E-state index in [1.807, 2.05) is 37.3 Å². The fourth-order valence-corrected chi connectivity index (χ4v) is 4.11. The molecule has 0 amide bonds. The van der Waals surface area contributed by atoms with Gasteiger partial charge in [-0.15, -0.1) is 4.52 Å². The van der Waals surface area contributed by atoms with Crippen molar-refractivity contribution in [1.29, 1.82) is 0 Å². The molecule has 1 unspecified atom stereocenters. The van der Waals surface area contributed by atoms with Crippen molar-refractivity contribution in [1.82, 2.24) is 0 Å². The highest BCUT2D eigenvalue weighted by Crippen LogP contribution is 2.42. The van der Waals surface area contributed by atoms with Crippen LogP contribution in [0.4, 0.5) is 0 Å². The molecule has 0 bridgehead atoms. The summed E-state index contributed by atoms with van der Waals surface area (Å²) < 4.78 is 18.1. The van der Waals surface area contributed by atoms with Gasteiger partial charge in [0, 0.05) is 6.42 Å². The summed E-state index contributed by atoms with van der Waals surface area (Å²) in [7, 11) is -1.86. The minimum Gasteiger partial charge on any atom is -0.393 e. The molecule has 0 radical (unpaired) electrons. The predicted molar refractivity (Wildman–Crippen MR) is 81.4 cm³/mol. The second-order valence-electron chi connectivity index (χ2n) is 6.35. The summed E-state index contributed by atoms with van der Waals surface area (Å²) in [6, 6.07) is 9.25. The number of hydrogen-bond donors (Lipinski definition) is 1. The molecule has 1 aliphatic carbocycles. The maximum atomic E-state index is 12.3. The molecule has 20 heavy (non-hydrogen) atoms. The lowest BCUT2D eigenvalue weighted by atomic mass is 9.73. The van der Waals surface area contributed by atoms with Crippen molar-refractivity contribution in [2.75, 3.05) is 0 Å². The smallest absolute Gasteiger partial charge is 0.393 e. The monoisotopic (exact) mass is 295 g/mol. The Morgan fingerprint density at radius 3 is 2.55 bits per heavy atom. The predicted octanol–water partition coefficient (Wildman–Crippen LogP) is 3.65. The van der Waals surface area contributed by atoms with Gasteiger partial charge in [-0.05, 0) is 48.3 Å². The molecule has 0 aliphatic heterocycles. The van der Waals surface area contributed by atoms with E-state index in [9.17, 15) is 9.67 Å². The summed E-state index contributed by atoms with van der Waals surface area (Å²) in [6.07, 6.45) is 1.96. The van der Waals surface area contributed by atoms with Crippen LogP contribution in [0.5, 0.6) is 0 Å². The first kappa shape index (κ1) is 15.6. The lowest BCUT2D eigenvalue weighted by Gasteiger charge is -2.38. The Bertz CT molecular complexity index is 460. The Morgan fingerprint density at radius 1 is 1.35 bits per heavy atom. The summed E-state index contributed by atoms with van der Waals surface area (Å²) >= 11 is 0. The van der Waals surface area contributed by atoms with Crippen molar-refractivity contribution in [2.24, 2.45) is 11.8 Å². The second-order valence-corrected chi connectivity index (χ2v) is 7.57. The van der Waals surface area contributed by atoms with Gasteiger partial charge in [0.2, 0.25) is 5.30 Å². The van der Waals surface area contributed by atoms with Crippen molar-refractivity contribution >= 4 is 13.3 Å². The van der Waals surface area contributed by atoms with E-state index in [1.54, 1.807) is 0 Å². The highest BCUT2D eigenvalue weighted by Gasteiger charge is 2.44. The van der Waals surface area contributed by atoms with E-state index in [-0.39, 0.29) is 6.10 Å². The van der Waals surface area contributed by atoms with E-state index in [1.165, 1.54) is 0 Å².